The Morgan fingerprint density at radius 1 is 1.17 bits per heavy atom. The van der Waals surface area contributed by atoms with Crippen LogP contribution >= 0.6 is 0 Å². The van der Waals surface area contributed by atoms with Crippen molar-refractivity contribution in [1.29, 1.82) is 0 Å². The van der Waals surface area contributed by atoms with Gasteiger partial charge in [0, 0.05) is 24.0 Å². The molecule has 5 heteroatoms. The fraction of sp³-hybridized carbons (Fsp3) is 0.231. The molecule has 18 heavy (non-hydrogen) atoms. The lowest BCUT2D eigenvalue weighted by Gasteiger charge is -2.15. The molecule has 2 aromatic rings. The molecule has 5 nitrogen and oxygen atoms in total. The van der Waals surface area contributed by atoms with Gasteiger partial charge in [-0.05, 0) is 12.1 Å². The third-order valence-corrected chi connectivity index (χ3v) is 2.68. The molecular formula is C13H15N3O2. The summed E-state index contributed by atoms with van der Waals surface area (Å²) in [4.78, 5) is 8.21. The predicted molar refractivity (Wildman–Crippen MR) is 67.6 cm³/mol. The van der Waals surface area contributed by atoms with Crippen LogP contribution in [0.15, 0.2) is 36.8 Å². The first-order chi connectivity index (χ1) is 8.76. The molecule has 1 heterocycles. The highest BCUT2D eigenvalue weighted by Crippen LogP contribution is 2.30. The van der Waals surface area contributed by atoms with Gasteiger partial charge in [-0.15, -0.1) is 0 Å². The van der Waals surface area contributed by atoms with E-state index in [1.165, 1.54) is 0 Å². The maximum absolute atomic E-state index is 6.16. The Labute approximate surface area is 106 Å². The maximum atomic E-state index is 6.16. The second-order valence-electron chi connectivity index (χ2n) is 3.72. The summed E-state index contributed by atoms with van der Waals surface area (Å²) in [6, 6.07) is 5.14. The average Bonchev–Trinajstić information content (AvgIpc) is 2.46. The Balaban J connectivity index is 2.38. The van der Waals surface area contributed by atoms with Crippen molar-refractivity contribution in [3.8, 4) is 11.5 Å². The van der Waals surface area contributed by atoms with E-state index in [1.807, 2.05) is 12.1 Å². The lowest BCUT2D eigenvalue weighted by atomic mass is 10.0. The van der Waals surface area contributed by atoms with Crippen LogP contribution in [0.4, 0.5) is 0 Å². The van der Waals surface area contributed by atoms with Crippen molar-refractivity contribution < 1.29 is 9.47 Å². The SMILES string of the molecule is COc1ccc(C(N)c2cnccn2)c(OC)c1. The van der Waals surface area contributed by atoms with Crippen LogP contribution < -0.4 is 15.2 Å². The average molecular weight is 245 g/mol. The van der Waals surface area contributed by atoms with Crippen molar-refractivity contribution in [2.75, 3.05) is 14.2 Å². The van der Waals surface area contributed by atoms with E-state index in [-0.39, 0.29) is 6.04 Å². The summed E-state index contributed by atoms with van der Waals surface area (Å²) in [6.07, 6.45) is 4.88. The van der Waals surface area contributed by atoms with Gasteiger partial charge in [-0.3, -0.25) is 9.97 Å². The van der Waals surface area contributed by atoms with E-state index in [4.69, 9.17) is 15.2 Å². The van der Waals surface area contributed by atoms with Gasteiger partial charge in [0.15, 0.2) is 0 Å². The van der Waals surface area contributed by atoms with Gasteiger partial charge in [0.05, 0.1) is 32.2 Å². The topological polar surface area (TPSA) is 70.3 Å². The van der Waals surface area contributed by atoms with E-state index in [2.05, 4.69) is 9.97 Å². The van der Waals surface area contributed by atoms with Gasteiger partial charge in [-0.2, -0.15) is 0 Å². The zero-order valence-electron chi connectivity index (χ0n) is 10.3. The molecule has 1 aromatic carbocycles. The predicted octanol–water partition coefficient (Wildman–Crippen LogP) is 1.54. The molecule has 2 rings (SSSR count). The minimum absolute atomic E-state index is 0.375. The molecule has 1 unspecified atom stereocenters. The van der Waals surface area contributed by atoms with Crippen LogP contribution in [0.3, 0.4) is 0 Å². The molecule has 2 N–H and O–H groups in total. The summed E-state index contributed by atoms with van der Waals surface area (Å²) in [5.41, 5.74) is 7.70. The molecule has 0 aliphatic heterocycles. The number of nitrogens with two attached hydrogens (primary N) is 1. The second kappa shape index (κ2) is 5.46. The molecule has 0 fully saturated rings. The highest BCUT2D eigenvalue weighted by Gasteiger charge is 2.15. The van der Waals surface area contributed by atoms with Crippen molar-refractivity contribution >= 4 is 0 Å². The van der Waals surface area contributed by atoms with Crippen LogP contribution in [0.2, 0.25) is 0 Å². The number of nitrogens with zero attached hydrogens (tertiary/aromatic N) is 2. The first-order valence-electron chi connectivity index (χ1n) is 5.49. The molecule has 0 saturated carbocycles. The van der Waals surface area contributed by atoms with E-state index in [1.54, 1.807) is 38.9 Å². The summed E-state index contributed by atoms with van der Waals surface area (Å²) in [7, 11) is 3.21. The first-order valence-corrected chi connectivity index (χ1v) is 5.49. The van der Waals surface area contributed by atoms with E-state index in [0.29, 0.717) is 11.4 Å². The molecule has 0 radical (unpaired) electrons. The Bertz CT molecular complexity index is 517. The molecular weight excluding hydrogens is 230 g/mol. The van der Waals surface area contributed by atoms with Crippen molar-refractivity contribution in [2.45, 2.75) is 6.04 Å². The minimum atomic E-state index is -0.375. The van der Waals surface area contributed by atoms with E-state index in [0.717, 1.165) is 11.3 Å². The largest absolute Gasteiger partial charge is 0.497 e. The Kier molecular flexibility index (Phi) is 3.74. The highest BCUT2D eigenvalue weighted by atomic mass is 16.5. The number of methoxy groups -OCH3 is 2. The number of hydrogen-bond acceptors (Lipinski definition) is 5. The second-order valence-corrected chi connectivity index (χ2v) is 3.72. The number of aromatic nitrogens is 2. The standard InChI is InChI=1S/C13H15N3O2/c1-17-9-3-4-10(12(7-9)18-2)13(14)11-8-15-5-6-16-11/h3-8,13H,14H2,1-2H3. The Hall–Kier alpha value is -2.14. The number of ether oxygens (including phenoxy) is 2. The Morgan fingerprint density at radius 2 is 2.00 bits per heavy atom. The van der Waals surface area contributed by atoms with E-state index in [9.17, 15) is 0 Å². The number of benzene rings is 1. The highest BCUT2D eigenvalue weighted by molar-refractivity contribution is 5.44. The fourth-order valence-corrected chi connectivity index (χ4v) is 1.71. The van der Waals surface area contributed by atoms with Gasteiger partial charge in [-0.25, -0.2) is 0 Å². The van der Waals surface area contributed by atoms with Gasteiger partial charge in [0.1, 0.15) is 11.5 Å². The van der Waals surface area contributed by atoms with Gasteiger partial charge >= 0.3 is 0 Å². The number of hydrogen-bond donors (Lipinski definition) is 1. The molecule has 1 aromatic heterocycles. The van der Waals surface area contributed by atoms with Gasteiger partial charge in [-0.1, -0.05) is 0 Å². The van der Waals surface area contributed by atoms with E-state index < -0.39 is 0 Å². The van der Waals surface area contributed by atoms with Crippen molar-refractivity contribution in [1.82, 2.24) is 9.97 Å². The lowest BCUT2D eigenvalue weighted by Crippen LogP contribution is -2.14. The van der Waals surface area contributed by atoms with Gasteiger partial charge < -0.3 is 15.2 Å². The van der Waals surface area contributed by atoms with Crippen molar-refractivity contribution in [3.63, 3.8) is 0 Å². The van der Waals surface area contributed by atoms with Crippen molar-refractivity contribution in [2.24, 2.45) is 5.73 Å². The van der Waals surface area contributed by atoms with Crippen molar-refractivity contribution in [3.05, 3.63) is 48.0 Å². The molecule has 0 aliphatic rings. The van der Waals surface area contributed by atoms with Crippen LogP contribution in [0, 0.1) is 0 Å². The monoisotopic (exact) mass is 245 g/mol. The third kappa shape index (κ3) is 2.41. The van der Waals surface area contributed by atoms with E-state index >= 15 is 0 Å². The first kappa shape index (κ1) is 12.3. The molecule has 0 spiro atoms. The summed E-state index contributed by atoms with van der Waals surface area (Å²) < 4.78 is 10.5. The smallest absolute Gasteiger partial charge is 0.127 e. The summed E-state index contributed by atoms with van der Waals surface area (Å²) in [5.74, 6) is 1.40. The normalized spacial score (nSPS) is 11.9. The Morgan fingerprint density at radius 3 is 2.61 bits per heavy atom. The van der Waals surface area contributed by atoms with Crippen LogP contribution in [0.1, 0.15) is 17.3 Å². The van der Waals surface area contributed by atoms with Crippen LogP contribution in [-0.2, 0) is 0 Å². The number of rotatable bonds is 4. The minimum Gasteiger partial charge on any atom is -0.497 e. The van der Waals surface area contributed by atoms with Gasteiger partial charge in [0.2, 0.25) is 0 Å². The molecule has 0 amide bonds. The summed E-state index contributed by atoms with van der Waals surface area (Å²) >= 11 is 0. The molecule has 0 aliphatic carbocycles. The van der Waals surface area contributed by atoms with Crippen LogP contribution in [0.5, 0.6) is 11.5 Å². The quantitative estimate of drug-likeness (QED) is 0.884. The lowest BCUT2D eigenvalue weighted by molar-refractivity contribution is 0.389. The zero-order chi connectivity index (χ0) is 13.0. The molecule has 0 saturated heterocycles. The molecule has 1 atom stereocenters. The van der Waals surface area contributed by atoms with Gasteiger partial charge in [0.25, 0.3) is 0 Å². The summed E-state index contributed by atoms with van der Waals surface area (Å²) in [5, 5.41) is 0. The maximum Gasteiger partial charge on any atom is 0.127 e. The van der Waals surface area contributed by atoms with Crippen LogP contribution in [0.25, 0.3) is 0 Å². The molecule has 0 bridgehead atoms. The third-order valence-electron chi connectivity index (χ3n) is 2.68. The fourth-order valence-electron chi connectivity index (χ4n) is 1.71. The summed E-state index contributed by atoms with van der Waals surface area (Å²) in [6.45, 7) is 0. The van der Waals surface area contributed by atoms with Crippen LogP contribution in [-0.4, -0.2) is 24.2 Å². The molecule has 94 valence electrons. The zero-order valence-corrected chi connectivity index (χ0v) is 10.3.